The molecule has 0 bridgehead atoms. The Morgan fingerprint density at radius 1 is 1.11 bits per heavy atom. The molecule has 27 heavy (non-hydrogen) atoms. The third kappa shape index (κ3) is 2.80. The van der Waals surface area contributed by atoms with Crippen molar-refractivity contribution >= 4 is 35.5 Å². The molecule has 2 unspecified atom stereocenters. The van der Waals surface area contributed by atoms with Gasteiger partial charge in [-0.2, -0.15) is 0 Å². The van der Waals surface area contributed by atoms with Gasteiger partial charge in [-0.05, 0) is 24.3 Å². The number of hydrogen-bond acceptors (Lipinski definition) is 7. The number of rotatable bonds is 3. The Labute approximate surface area is 158 Å². The topological polar surface area (TPSA) is 97.1 Å². The monoisotopic (exact) mass is 386 g/mol. The summed E-state index contributed by atoms with van der Waals surface area (Å²) >= 11 is 1.34. The molecule has 1 aromatic heterocycles. The van der Waals surface area contributed by atoms with Crippen LogP contribution in [0.4, 0.5) is 0 Å². The minimum absolute atomic E-state index is 0.174. The van der Waals surface area contributed by atoms with E-state index >= 15 is 0 Å². The lowest BCUT2D eigenvalue weighted by Crippen LogP contribution is -2.46. The summed E-state index contributed by atoms with van der Waals surface area (Å²) in [6.45, 7) is 1.34. The number of fused-ring (bicyclic) bond motifs is 1. The lowest BCUT2D eigenvalue weighted by Gasteiger charge is -2.26. The molecule has 1 fully saturated rings. The molecule has 4 rings (SSSR count). The van der Waals surface area contributed by atoms with E-state index in [1.807, 2.05) is 0 Å². The summed E-state index contributed by atoms with van der Waals surface area (Å²) in [4.78, 5) is 55.9. The number of furan rings is 1. The van der Waals surface area contributed by atoms with Gasteiger partial charge in [0.25, 0.3) is 11.8 Å². The number of thioether (sulfide) groups is 1. The second-order valence-corrected chi connectivity index (χ2v) is 7.12. The van der Waals surface area contributed by atoms with Gasteiger partial charge >= 0.3 is 5.97 Å². The molecule has 0 aliphatic carbocycles. The SMILES string of the molecule is CC(=O)N1C(C(=O)ON2C(=O)c3ccccc3C2=O)CSC1c1ccco1. The Balaban J connectivity index is 1.54. The van der Waals surface area contributed by atoms with Gasteiger partial charge in [-0.15, -0.1) is 11.8 Å². The summed E-state index contributed by atoms with van der Waals surface area (Å²) in [5.41, 5.74) is 0.348. The fraction of sp³-hybridized carbons (Fsp3) is 0.222. The second-order valence-electron chi connectivity index (χ2n) is 6.00. The third-order valence-corrected chi connectivity index (χ3v) is 5.64. The smallest absolute Gasteiger partial charge is 0.356 e. The van der Waals surface area contributed by atoms with Crippen LogP contribution < -0.4 is 0 Å². The van der Waals surface area contributed by atoms with Crippen LogP contribution in [-0.4, -0.2) is 45.4 Å². The lowest BCUT2D eigenvalue weighted by molar-refractivity contribution is -0.175. The average Bonchev–Trinajstić information content (AvgIpc) is 3.37. The van der Waals surface area contributed by atoms with E-state index in [1.165, 1.54) is 42.0 Å². The van der Waals surface area contributed by atoms with E-state index in [9.17, 15) is 19.2 Å². The highest BCUT2D eigenvalue weighted by Gasteiger charge is 2.46. The van der Waals surface area contributed by atoms with Gasteiger partial charge in [-0.3, -0.25) is 14.4 Å². The summed E-state index contributed by atoms with van der Waals surface area (Å²) in [6.07, 6.45) is 1.48. The predicted molar refractivity (Wildman–Crippen MR) is 93.2 cm³/mol. The first-order valence-electron chi connectivity index (χ1n) is 8.12. The van der Waals surface area contributed by atoms with E-state index in [0.29, 0.717) is 10.8 Å². The number of benzene rings is 1. The van der Waals surface area contributed by atoms with Crippen LogP contribution in [0.3, 0.4) is 0 Å². The van der Waals surface area contributed by atoms with Gasteiger partial charge in [0.15, 0.2) is 0 Å². The van der Waals surface area contributed by atoms with Crippen molar-refractivity contribution in [3.63, 3.8) is 0 Å². The summed E-state index contributed by atoms with van der Waals surface area (Å²) in [5, 5.41) is -0.0202. The van der Waals surface area contributed by atoms with Crippen LogP contribution in [0.5, 0.6) is 0 Å². The lowest BCUT2D eigenvalue weighted by atomic mass is 10.1. The van der Waals surface area contributed by atoms with Gasteiger partial charge in [0.1, 0.15) is 17.2 Å². The molecule has 2 aromatic rings. The number of nitrogens with zero attached hydrogens (tertiary/aromatic N) is 2. The van der Waals surface area contributed by atoms with Gasteiger partial charge in [0.2, 0.25) is 5.91 Å². The highest BCUT2D eigenvalue weighted by molar-refractivity contribution is 7.99. The van der Waals surface area contributed by atoms with Crippen LogP contribution >= 0.6 is 11.8 Å². The number of imide groups is 1. The molecule has 8 nitrogen and oxygen atoms in total. The van der Waals surface area contributed by atoms with E-state index in [2.05, 4.69) is 0 Å². The second kappa shape index (κ2) is 6.58. The summed E-state index contributed by atoms with van der Waals surface area (Å²) in [5.74, 6) is -1.80. The summed E-state index contributed by atoms with van der Waals surface area (Å²) < 4.78 is 5.35. The molecule has 2 aliphatic rings. The molecular weight excluding hydrogens is 372 g/mol. The van der Waals surface area contributed by atoms with Crippen molar-refractivity contribution < 1.29 is 28.4 Å². The Morgan fingerprint density at radius 3 is 2.33 bits per heavy atom. The van der Waals surface area contributed by atoms with Crippen LogP contribution in [0.15, 0.2) is 47.1 Å². The molecule has 0 spiro atoms. The molecular formula is C18H14N2O6S. The van der Waals surface area contributed by atoms with Crippen LogP contribution in [0, 0.1) is 0 Å². The van der Waals surface area contributed by atoms with E-state index < -0.39 is 29.2 Å². The Hall–Kier alpha value is -3.07. The normalized spacial score (nSPS) is 21.5. The molecule has 0 radical (unpaired) electrons. The molecule has 3 amide bonds. The van der Waals surface area contributed by atoms with Crippen LogP contribution in [0.2, 0.25) is 0 Å². The number of carbonyl (C=O) groups excluding carboxylic acids is 4. The number of hydrogen-bond donors (Lipinski definition) is 0. The molecule has 2 aliphatic heterocycles. The quantitative estimate of drug-likeness (QED) is 0.744. The number of amides is 3. The maximum absolute atomic E-state index is 12.7. The Morgan fingerprint density at radius 2 is 1.78 bits per heavy atom. The van der Waals surface area contributed by atoms with Crippen LogP contribution in [-0.2, 0) is 14.4 Å². The van der Waals surface area contributed by atoms with Gasteiger partial charge in [-0.25, -0.2) is 4.79 Å². The van der Waals surface area contributed by atoms with Crippen molar-refractivity contribution in [2.75, 3.05) is 5.75 Å². The first kappa shape index (κ1) is 17.3. The zero-order valence-corrected chi connectivity index (χ0v) is 15.0. The maximum Gasteiger partial charge on any atom is 0.356 e. The molecule has 138 valence electrons. The van der Waals surface area contributed by atoms with E-state index in [1.54, 1.807) is 24.3 Å². The Kier molecular flexibility index (Phi) is 4.23. The zero-order valence-electron chi connectivity index (χ0n) is 14.2. The fourth-order valence-corrected chi connectivity index (χ4v) is 4.54. The van der Waals surface area contributed by atoms with Crippen molar-refractivity contribution in [2.45, 2.75) is 18.3 Å². The van der Waals surface area contributed by atoms with Gasteiger partial charge in [0.05, 0.1) is 17.4 Å². The molecule has 9 heteroatoms. The van der Waals surface area contributed by atoms with Gasteiger partial charge in [0, 0.05) is 12.7 Å². The van der Waals surface area contributed by atoms with Crippen molar-refractivity contribution in [1.82, 2.24) is 9.96 Å². The zero-order chi connectivity index (χ0) is 19.1. The molecule has 3 heterocycles. The van der Waals surface area contributed by atoms with E-state index in [0.717, 1.165) is 0 Å². The van der Waals surface area contributed by atoms with Crippen LogP contribution in [0.1, 0.15) is 38.8 Å². The summed E-state index contributed by atoms with van der Waals surface area (Å²) in [7, 11) is 0. The first-order valence-corrected chi connectivity index (χ1v) is 9.17. The number of hydroxylamine groups is 2. The predicted octanol–water partition coefficient (Wildman–Crippen LogP) is 2.00. The van der Waals surface area contributed by atoms with E-state index in [4.69, 9.17) is 9.25 Å². The maximum atomic E-state index is 12.7. The van der Waals surface area contributed by atoms with E-state index in [-0.39, 0.29) is 22.8 Å². The summed E-state index contributed by atoms with van der Waals surface area (Å²) in [6, 6.07) is 8.69. The first-order chi connectivity index (χ1) is 13.0. The molecule has 0 N–H and O–H groups in total. The average molecular weight is 386 g/mol. The standard InChI is InChI=1S/C18H14N2O6S/c1-10(21)19-13(9-27-17(19)14-7-4-8-25-14)18(24)26-20-15(22)11-5-2-3-6-12(11)16(20)23/h2-8,13,17H,9H2,1H3. The molecule has 2 atom stereocenters. The van der Waals surface area contributed by atoms with Gasteiger partial charge in [-0.1, -0.05) is 17.2 Å². The van der Waals surface area contributed by atoms with Crippen LogP contribution in [0.25, 0.3) is 0 Å². The highest BCUT2D eigenvalue weighted by atomic mass is 32.2. The van der Waals surface area contributed by atoms with Crippen molar-refractivity contribution in [3.8, 4) is 0 Å². The third-order valence-electron chi connectivity index (χ3n) is 4.36. The number of carbonyl (C=O) groups is 4. The van der Waals surface area contributed by atoms with Crippen molar-refractivity contribution in [2.24, 2.45) is 0 Å². The van der Waals surface area contributed by atoms with Crippen molar-refractivity contribution in [1.29, 1.82) is 0 Å². The minimum atomic E-state index is -0.938. The fourth-order valence-electron chi connectivity index (χ4n) is 3.12. The largest absolute Gasteiger partial charge is 0.466 e. The minimum Gasteiger partial charge on any atom is -0.466 e. The Bertz CT molecular complexity index is 906. The van der Waals surface area contributed by atoms with Gasteiger partial charge < -0.3 is 14.2 Å². The van der Waals surface area contributed by atoms with Crippen molar-refractivity contribution in [3.05, 3.63) is 59.5 Å². The molecule has 1 saturated heterocycles. The molecule has 0 saturated carbocycles. The highest BCUT2D eigenvalue weighted by Crippen LogP contribution is 2.42. The molecule has 1 aromatic carbocycles.